The summed E-state index contributed by atoms with van der Waals surface area (Å²) in [5, 5.41) is 11.1. The number of nitrogens with two attached hydrogens (primary N) is 1. The van der Waals surface area contributed by atoms with Crippen molar-refractivity contribution in [2.45, 2.75) is 13.3 Å². The Hall–Kier alpha value is -1.54. The van der Waals surface area contributed by atoms with E-state index in [0.717, 1.165) is 58.2 Å². The molecule has 8 nitrogen and oxygen atoms in total. The zero-order chi connectivity index (χ0) is 15.7. The zero-order valence-corrected chi connectivity index (χ0v) is 13.5. The normalized spacial score (nSPS) is 16.3. The van der Waals surface area contributed by atoms with Gasteiger partial charge < -0.3 is 20.0 Å². The maximum atomic E-state index is 7.68. The number of hydrogen-bond acceptors (Lipinski definition) is 4. The molecular weight excluding hydrogens is 268 g/mol. The highest BCUT2D eigenvalue weighted by Gasteiger charge is 2.20. The quantitative estimate of drug-likeness (QED) is 0.169. The minimum absolute atomic E-state index is 0.280. The van der Waals surface area contributed by atoms with Crippen LogP contribution in [0.2, 0.25) is 0 Å². The number of rotatable bonds is 5. The average Bonchev–Trinajstić information content (AvgIpc) is 2.49. The van der Waals surface area contributed by atoms with Crippen molar-refractivity contribution in [3.05, 3.63) is 0 Å². The standard InChI is InChI=1S/C13H30N8/c1-4-16-13(17-6-5-7-19(2)3)21-10-8-20(9-11-21)12(14)18-15/h4-11,15H2,1-3H3,(H2,14,18)(H,16,17). The Labute approximate surface area is 127 Å². The van der Waals surface area contributed by atoms with Crippen LogP contribution in [0.4, 0.5) is 0 Å². The molecule has 1 heterocycles. The Balaban J connectivity index is 2.40. The second-order valence-corrected chi connectivity index (χ2v) is 5.35. The molecule has 0 spiro atoms. The molecule has 0 saturated carbocycles. The van der Waals surface area contributed by atoms with Crippen molar-refractivity contribution in [2.24, 2.45) is 10.8 Å². The van der Waals surface area contributed by atoms with Gasteiger partial charge in [0.15, 0.2) is 5.96 Å². The van der Waals surface area contributed by atoms with E-state index in [1.54, 1.807) is 0 Å². The molecule has 0 aromatic carbocycles. The number of piperazine rings is 1. The van der Waals surface area contributed by atoms with Gasteiger partial charge in [0.1, 0.15) is 0 Å². The molecule has 0 aromatic heterocycles. The molecule has 0 radical (unpaired) electrons. The number of nitrogens with one attached hydrogen (secondary N) is 3. The van der Waals surface area contributed by atoms with Crippen LogP contribution in [0.25, 0.3) is 0 Å². The van der Waals surface area contributed by atoms with E-state index in [1.165, 1.54) is 0 Å². The summed E-state index contributed by atoms with van der Waals surface area (Å²) in [5.74, 6) is 6.54. The summed E-state index contributed by atoms with van der Waals surface area (Å²) in [6, 6.07) is 0. The van der Waals surface area contributed by atoms with Crippen LogP contribution in [0.5, 0.6) is 0 Å². The van der Waals surface area contributed by atoms with Crippen molar-refractivity contribution in [1.29, 1.82) is 5.41 Å². The first-order valence-electron chi connectivity index (χ1n) is 7.56. The summed E-state index contributed by atoms with van der Waals surface area (Å²) >= 11 is 0. The van der Waals surface area contributed by atoms with Crippen LogP contribution in [0, 0.1) is 5.41 Å². The van der Waals surface area contributed by atoms with Crippen molar-refractivity contribution in [2.75, 3.05) is 59.9 Å². The van der Waals surface area contributed by atoms with Crippen LogP contribution < -0.4 is 16.6 Å². The molecule has 1 aliphatic heterocycles. The predicted octanol–water partition coefficient (Wildman–Crippen LogP) is -1.08. The SMILES string of the molecule is CC/N=C(\NCCCN(C)C)N1CCN(C(=N)NN)CC1. The molecule has 1 saturated heterocycles. The van der Waals surface area contributed by atoms with E-state index in [0.29, 0.717) is 0 Å². The maximum Gasteiger partial charge on any atom is 0.205 e. The van der Waals surface area contributed by atoms with Crippen molar-refractivity contribution in [3.8, 4) is 0 Å². The van der Waals surface area contributed by atoms with Gasteiger partial charge in [0.2, 0.25) is 5.96 Å². The molecule has 0 unspecified atom stereocenters. The van der Waals surface area contributed by atoms with E-state index < -0.39 is 0 Å². The molecule has 5 N–H and O–H groups in total. The minimum atomic E-state index is 0.280. The van der Waals surface area contributed by atoms with Gasteiger partial charge >= 0.3 is 0 Å². The number of hydrazine groups is 1. The van der Waals surface area contributed by atoms with Crippen LogP contribution in [-0.4, -0.2) is 86.5 Å². The molecule has 0 atom stereocenters. The molecule has 122 valence electrons. The van der Waals surface area contributed by atoms with E-state index in [4.69, 9.17) is 11.3 Å². The van der Waals surface area contributed by atoms with E-state index >= 15 is 0 Å². The molecule has 21 heavy (non-hydrogen) atoms. The number of nitrogens with zero attached hydrogens (tertiary/aromatic N) is 4. The lowest BCUT2D eigenvalue weighted by atomic mass is 10.3. The largest absolute Gasteiger partial charge is 0.356 e. The van der Waals surface area contributed by atoms with Crippen LogP contribution in [0.1, 0.15) is 13.3 Å². The predicted molar refractivity (Wildman–Crippen MR) is 87.3 cm³/mol. The Kier molecular flexibility index (Phi) is 7.84. The van der Waals surface area contributed by atoms with Crippen LogP contribution in [-0.2, 0) is 0 Å². The number of guanidine groups is 2. The summed E-state index contributed by atoms with van der Waals surface area (Å²) in [6.45, 7) is 8.09. The van der Waals surface area contributed by atoms with Crippen molar-refractivity contribution >= 4 is 11.9 Å². The van der Waals surface area contributed by atoms with Crippen molar-refractivity contribution in [1.82, 2.24) is 25.4 Å². The summed E-state index contributed by atoms with van der Waals surface area (Å²) in [5.41, 5.74) is 2.40. The fourth-order valence-electron chi connectivity index (χ4n) is 2.25. The second-order valence-electron chi connectivity index (χ2n) is 5.35. The van der Waals surface area contributed by atoms with E-state index in [9.17, 15) is 0 Å². The molecule has 1 rings (SSSR count). The van der Waals surface area contributed by atoms with Gasteiger partial charge in [-0.15, -0.1) is 0 Å². The Morgan fingerprint density at radius 2 is 1.86 bits per heavy atom. The summed E-state index contributed by atoms with van der Waals surface area (Å²) in [4.78, 5) is 10.9. The number of aliphatic imine (C=N–C) groups is 1. The van der Waals surface area contributed by atoms with E-state index in [-0.39, 0.29) is 5.96 Å². The van der Waals surface area contributed by atoms with E-state index in [1.807, 2.05) is 11.8 Å². The third kappa shape index (κ3) is 6.17. The lowest BCUT2D eigenvalue weighted by Gasteiger charge is -2.37. The molecule has 0 amide bonds. The lowest BCUT2D eigenvalue weighted by Crippen LogP contribution is -2.56. The van der Waals surface area contributed by atoms with Gasteiger partial charge in [-0.2, -0.15) is 0 Å². The van der Waals surface area contributed by atoms with Crippen LogP contribution >= 0.6 is 0 Å². The molecule has 0 bridgehead atoms. The zero-order valence-electron chi connectivity index (χ0n) is 13.5. The van der Waals surface area contributed by atoms with Crippen LogP contribution in [0.15, 0.2) is 4.99 Å². The third-order valence-electron chi connectivity index (χ3n) is 3.41. The first-order valence-corrected chi connectivity index (χ1v) is 7.56. The summed E-state index contributed by atoms with van der Waals surface area (Å²) in [6.07, 6.45) is 1.09. The Bertz CT molecular complexity index is 333. The van der Waals surface area contributed by atoms with E-state index in [2.05, 4.69) is 39.6 Å². The molecule has 0 aliphatic carbocycles. The maximum absolute atomic E-state index is 7.68. The first kappa shape index (κ1) is 17.5. The topological polar surface area (TPSA) is 96.0 Å². The van der Waals surface area contributed by atoms with Gasteiger partial charge in [-0.25, -0.2) is 5.84 Å². The van der Waals surface area contributed by atoms with Crippen molar-refractivity contribution < 1.29 is 0 Å². The van der Waals surface area contributed by atoms with Gasteiger partial charge in [0.25, 0.3) is 0 Å². The monoisotopic (exact) mass is 298 g/mol. The molecule has 1 fully saturated rings. The Morgan fingerprint density at radius 1 is 1.24 bits per heavy atom. The minimum Gasteiger partial charge on any atom is -0.356 e. The first-order chi connectivity index (χ1) is 10.1. The van der Waals surface area contributed by atoms with Crippen molar-refractivity contribution in [3.63, 3.8) is 0 Å². The Morgan fingerprint density at radius 3 is 2.38 bits per heavy atom. The second kappa shape index (κ2) is 9.41. The number of hydrogen-bond donors (Lipinski definition) is 4. The fourth-order valence-corrected chi connectivity index (χ4v) is 2.25. The van der Waals surface area contributed by atoms with Gasteiger partial charge in [0.05, 0.1) is 0 Å². The van der Waals surface area contributed by atoms with Gasteiger partial charge in [-0.1, -0.05) is 0 Å². The molecular formula is C13H30N8. The smallest absolute Gasteiger partial charge is 0.205 e. The fraction of sp³-hybridized carbons (Fsp3) is 0.846. The van der Waals surface area contributed by atoms with Gasteiger partial charge in [-0.05, 0) is 34.0 Å². The molecule has 0 aromatic rings. The highest BCUT2D eigenvalue weighted by atomic mass is 15.4. The van der Waals surface area contributed by atoms with Gasteiger partial charge in [0, 0.05) is 39.3 Å². The molecule has 1 aliphatic rings. The third-order valence-corrected chi connectivity index (χ3v) is 3.41. The van der Waals surface area contributed by atoms with Gasteiger partial charge in [-0.3, -0.25) is 15.8 Å². The van der Waals surface area contributed by atoms with Crippen LogP contribution in [0.3, 0.4) is 0 Å². The summed E-state index contributed by atoms with van der Waals surface area (Å²) in [7, 11) is 4.17. The summed E-state index contributed by atoms with van der Waals surface area (Å²) < 4.78 is 0. The lowest BCUT2D eigenvalue weighted by molar-refractivity contribution is 0.246. The average molecular weight is 298 g/mol. The molecule has 8 heteroatoms. The highest BCUT2D eigenvalue weighted by Crippen LogP contribution is 2.02. The highest BCUT2D eigenvalue weighted by molar-refractivity contribution is 5.81.